The Bertz CT molecular complexity index is 1340. The molecule has 34 heavy (non-hydrogen) atoms. The van der Waals surface area contributed by atoms with Gasteiger partial charge >= 0.3 is 0 Å². The van der Waals surface area contributed by atoms with Gasteiger partial charge in [-0.3, -0.25) is 4.79 Å². The van der Waals surface area contributed by atoms with Crippen molar-refractivity contribution in [3.8, 4) is 27.6 Å². The Balaban J connectivity index is 1.34. The Hall–Kier alpha value is -3.58. The molecule has 0 saturated carbocycles. The van der Waals surface area contributed by atoms with Crippen LogP contribution in [0.2, 0.25) is 0 Å². The van der Waals surface area contributed by atoms with Crippen molar-refractivity contribution in [3.63, 3.8) is 0 Å². The van der Waals surface area contributed by atoms with E-state index in [0.717, 1.165) is 46.2 Å². The zero-order valence-corrected chi connectivity index (χ0v) is 20.4. The van der Waals surface area contributed by atoms with E-state index in [-0.39, 0.29) is 5.91 Å². The van der Waals surface area contributed by atoms with Crippen molar-refractivity contribution in [2.75, 3.05) is 20.8 Å². The van der Waals surface area contributed by atoms with Crippen molar-refractivity contribution in [1.29, 1.82) is 0 Å². The van der Waals surface area contributed by atoms with Crippen LogP contribution in [0.3, 0.4) is 0 Å². The predicted octanol–water partition coefficient (Wildman–Crippen LogP) is 5.00. The van der Waals surface area contributed by atoms with Gasteiger partial charge in [-0.15, -0.1) is 11.3 Å². The lowest BCUT2D eigenvalue weighted by atomic mass is 9.95. The van der Waals surface area contributed by atoms with Crippen molar-refractivity contribution < 1.29 is 14.3 Å². The lowest BCUT2D eigenvalue weighted by Crippen LogP contribution is -2.25. The van der Waals surface area contributed by atoms with Gasteiger partial charge in [0.1, 0.15) is 11.5 Å². The number of nitrogens with zero attached hydrogens (tertiary/aromatic N) is 2. The first-order chi connectivity index (χ1) is 16.6. The van der Waals surface area contributed by atoms with Crippen LogP contribution in [0.5, 0.6) is 11.5 Å². The van der Waals surface area contributed by atoms with Crippen molar-refractivity contribution in [2.45, 2.75) is 26.2 Å². The van der Waals surface area contributed by atoms with Gasteiger partial charge in [0.25, 0.3) is 5.91 Å². The molecule has 0 bridgehead atoms. The molecule has 174 valence electrons. The first-order valence-electron chi connectivity index (χ1n) is 11.3. The number of carbonyl (C=O) groups is 1. The minimum atomic E-state index is -0.0454. The van der Waals surface area contributed by atoms with E-state index < -0.39 is 0 Å². The van der Waals surface area contributed by atoms with Crippen LogP contribution in [-0.4, -0.2) is 36.5 Å². The van der Waals surface area contributed by atoms with E-state index in [1.54, 1.807) is 25.6 Å². The summed E-state index contributed by atoms with van der Waals surface area (Å²) in [5, 5.41) is 7.90. The number of hydrogen-bond donors (Lipinski definition) is 1. The topological polar surface area (TPSA) is 65.4 Å². The maximum absolute atomic E-state index is 13.0. The molecular formula is C27H27N3O3S. The fraction of sp³-hybridized carbons (Fsp3) is 0.259. The molecule has 2 aromatic heterocycles. The van der Waals surface area contributed by atoms with Gasteiger partial charge in [0, 0.05) is 17.0 Å². The van der Waals surface area contributed by atoms with E-state index in [0.29, 0.717) is 13.0 Å². The molecule has 1 aliphatic carbocycles. The second-order valence-electron chi connectivity index (χ2n) is 8.30. The molecule has 1 N–H and O–H groups in total. The zero-order chi connectivity index (χ0) is 23.7. The average molecular weight is 474 g/mol. The van der Waals surface area contributed by atoms with Crippen LogP contribution < -0.4 is 14.8 Å². The number of carbonyl (C=O) groups excluding carboxylic acids is 1. The van der Waals surface area contributed by atoms with Crippen LogP contribution >= 0.6 is 11.3 Å². The van der Waals surface area contributed by atoms with Gasteiger partial charge in [0.15, 0.2) is 0 Å². The highest BCUT2D eigenvalue weighted by molar-refractivity contribution is 7.17. The Morgan fingerprint density at radius 2 is 1.91 bits per heavy atom. The van der Waals surface area contributed by atoms with Crippen LogP contribution in [-0.2, 0) is 19.3 Å². The summed E-state index contributed by atoms with van der Waals surface area (Å²) in [6, 6.07) is 18.0. The fourth-order valence-corrected chi connectivity index (χ4v) is 5.80. The normalized spacial score (nSPS) is 12.1. The molecule has 0 saturated heterocycles. The van der Waals surface area contributed by atoms with Crippen molar-refractivity contribution in [1.82, 2.24) is 15.1 Å². The molecule has 0 aliphatic heterocycles. The molecule has 1 amide bonds. The van der Waals surface area contributed by atoms with Crippen LogP contribution in [0.1, 0.15) is 32.2 Å². The van der Waals surface area contributed by atoms with Gasteiger partial charge < -0.3 is 14.8 Å². The first kappa shape index (κ1) is 22.2. The van der Waals surface area contributed by atoms with Crippen molar-refractivity contribution in [3.05, 3.63) is 82.0 Å². The molecule has 0 unspecified atom stereocenters. The lowest BCUT2D eigenvalue weighted by molar-refractivity contribution is 0.0958. The van der Waals surface area contributed by atoms with Gasteiger partial charge in [0.05, 0.1) is 36.2 Å². The fourth-order valence-electron chi connectivity index (χ4n) is 4.55. The highest BCUT2D eigenvalue weighted by Gasteiger charge is 2.27. The summed E-state index contributed by atoms with van der Waals surface area (Å²) in [5.41, 5.74) is 6.69. The second-order valence-corrected chi connectivity index (χ2v) is 9.36. The Labute approximate surface area is 203 Å². The molecule has 0 atom stereocenters. The number of rotatable bonds is 7. The number of amides is 1. The summed E-state index contributed by atoms with van der Waals surface area (Å²) in [6.07, 6.45) is 2.47. The van der Waals surface area contributed by atoms with Gasteiger partial charge in [-0.25, -0.2) is 4.68 Å². The molecule has 2 aromatic carbocycles. The third-order valence-electron chi connectivity index (χ3n) is 6.22. The summed E-state index contributed by atoms with van der Waals surface area (Å²) >= 11 is 1.56. The lowest BCUT2D eigenvalue weighted by Gasteiger charge is -2.14. The molecule has 5 rings (SSSR count). The maximum atomic E-state index is 13.0. The number of hydrogen-bond acceptors (Lipinski definition) is 5. The van der Waals surface area contributed by atoms with Crippen LogP contribution in [0.4, 0.5) is 0 Å². The summed E-state index contributed by atoms with van der Waals surface area (Å²) in [4.78, 5) is 14.9. The largest absolute Gasteiger partial charge is 0.497 e. The molecule has 0 radical (unpaired) electrons. The third-order valence-corrected chi connectivity index (χ3v) is 7.41. The van der Waals surface area contributed by atoms with E-state index in [9.17, 15) is 4.79 Å². The van der Waals surface area contributed by atoms with E-state index in [1.165, 1.54) is 21.7 Å². The molecule has 0 fully saturated rings. The molecule has 6 nitrogen and oxygen atoms in total. The highest BCUT2D eigenvalue weighted by atomic mass is 32.1. The number of methoxy groups -OCH3 is 2. The van der Waals surface area contributed by atoms with Gasteiger partial charge in [-0.2, -0.15) is 5.10 Å². The number of aromatic nitrogens is 2. The molecular weight excluding hydrogens is 446 g/mol. The molecule has 1 aliphatic rings. The summed E-state index contributed by atoms with van der Waals surface area (Å²) in [6.45, 7) is 2.56. The van der Waals surface area contributed by atoms with Crippen LogP contribution in [0.25, 0.3) is 16.1 Å². The second kappa shape index (κ2) is 9.35. The number of benzene rings is 2. The number of ether oxygens (including phenoxy) is 2. The summed E-state index contributed by atoms with van der Waals surface area (Å²) < 4.78 is 12.8. The van der Waals surface area contributed by atoms with E-state index >= 15 is 0 Å². The first-order valence-corrected chi connectivity index (χ1v) is 12.2. The minimum Gasteiger partial charge on any atom is -0.497 e. The quantitative estimate of drug-likeness (QED) is 0.410. The smallest absolute Gasteiger partial charge is 0.261 e. The predicted molar refractivity (Wildman–Crippen MR) is 135 cm³/mol. The van der Waals surface area contributed by atoms with Gasteiger partial charge in [-0.1, -0.05) is 18.2 Å². The Morgan fingerprint density at radius 3 is 2.68 bits per heavy atom. The van der Waals surface area contributed by atoms with Crippen LogP contribution in [0, 0.1) is 6.92 Å². The van der Waals surface area contributed by atoms with Crippen LogP contribution in [0.15, 0.2) is 54.6 Å². The van der Waals surface area contributed by atoms with Crippen molar-refractivity contribution in [2.24, 2.45) is 0 Å². The number of nitrogens with one attached hydrogen (secondary N) is 1. The number of para-hydroxylation sites is 1. The van der Waals surface area contributed by atoms with Gasteiger partial charge in [0.2, 0.25) is 0 Å². The summed E-state index contributed by atoms with van der Waals surface area (Å²) in [7, 11) is 3.29. The average Bonchev–Trinajstić information content (AvgIpc) is 3.45. The monoisotopic (exact) mass is 473 g/mol. The highest BCUT2D eigenvalue weighted by Crippen LogP contribution is 2.42. The third kappa shape index (κ3) is 4.07. The molecule has 4 aromatic rings. The SMILES string of the molecule is COc1ccc(OC)c(CCNC(=O)c2cc3c(s2)-c2c(C)nn(-c4ccccc4)c2CC3)c1. The number of thiophene rings is 1. The number of fused-ring (bicyclic) bond motifs is 3. The molecule has 7 heteroatoms. The zero-order valence-electron chi connectivity index (χ0n) is 19.6. The molecule has 0 spiro atoms. The van der Waals surface area contributed by atoms with E-state index in [4.69, 9.17) is 14.6 Å². The maximum Gasteiger partial charge on any atom is 0.261 e. The van der Waals surface area contributed by atoms with Gasteiger partial charge in [-0.05, 0) is 73.7 Å². The van der Waals surface area contributed by atoms with Crippen molar-refractivity contribution >= 4 is 17.2 Å². The van der Waals surface area contributed by atoms with E-state index in [1.807, 2.05) is 49.4 Å². The molecule has 2 heterocycles. The Morgan fingerprint density at radius 1 is 1.09 bits per heavy atom. The minimum absolute atomic E-state index is 0.0454. The Kier molecular flexibility index (Phi) is 6.11. The number of aryl methyl sites for hydroxylation is 2. The van der Waals surface area contributed by atoms with E-state index in [2.05, 4.69) is 22.1 Å². The standard InChI is InChI=1S/C27H27N3O3S/c1-17-25-22(30(29-17)20-7-5-4-6-8-20)11-9-19-16-24(34-26(19)25)27(31)28-14-13-18-15-21(32-2)10-12-23(18)33-3/h4-8,10,12,15-16H,9,11,13-14H2,1-3H3,(H,28,31). The summed E-state index contributed by atoms with van der Waals surface area (Å²) in [5.74, 6) is 1.52.